The summed E-state index contributed by atoms with van der Waals surface area (Å²) < 4.78 is 18.4. The second kappa shape index (κ2) is 7.72. The highest BCUT2D eigenvalue weighted by Crippen LogP contribution is 2.15. The van der Waals surface area contributed by atoms with Crippen LogP contribution in [0.1, 0.15) is 11.1 Å². The summed E-state index contributed by atoms with van der Waals surface area (Å²) in [6, 6.07) is 13.8. The second-order valence-corrected chi connectivity index (χ2v) is 4.30. The zero-order valence-corrected chi connectivity index (χ0v) is 11.3. The van der Waals surface area contributed by atoms with Gasteiger partial charge in [0.05, 0.1) is 0 Å². The lowest BCUT2D eigenvalue weighted by molar-refractivity contribution is 0.306. The third kappa shape index (κ3) is 5.01. The second-order valence-electron chi connectivity index (χ2n) is 4.30. The third-order valence-electron chi connectivity index (χ3n) is 2.76. The minimum Gasteiger partial charge on any atom is -0.489 e. The number of ether oxygens (including phenoxy) is 1. The maximum atomic E-state index is 12.8. The van der Waals surface area contributed by atoms with Crippen molar-refractivity contribution < 1.29 is 9.13 Å². The Kier molecular flexibility index (Phi) is 5.38. The van der Waals surface area contributed by atoms with Gasteiger partial charge in [0.25, 0.3) is 0 Å². The molecule has 0 bridgehead atoms. The van der Waals surface area contributed by atoms with Crippen LogP contribution in [-0.4, -0.2) is 6.54 Å². The van der Waals surface area contributed by atoms with Crippen molar-refractivity contribution in [3.63, 3.8) is 0 Å². The van der Waals surface area contributed by atoms with Crippen LogP contribution in [0.2, 0.25) is 0 Å². The molecule has 2 aromatic carbocycles. The first-order chi connectivity index (χ1) is 10.3. The molecule has 4 nitrogen and oxygen atoms in total. The molecule has 0 radical (unpaired) electrons. The third-order valence-corrected chi connectivity index (χ3v) is 2.76. The largest absolute Gasteiger partial charge is 0.489 e. The van der Waals surface area contributed by atoms with Gasteiger partial charge < -0.3 is 4.74 Å². The minimum atomic E-state index is -0.254. The molecule has 21 heavy (non-hydrogen) atoms. The van der Waals surface area contributed by atoms with Crippen molar-refractivity contribution in [1.29, 1.82) is 0 Å². The number of hydrogen-bond donors (Lipinski definition) is 0. The van der Waals surface area contributed by atoms with E-state index in [1.165, 1.54) is 12.1 Å². The highest BCUT2D eigenvalue weighted by Gasteiger charge is 1.97. The first kappa shape index (κ1) is 14.6. The standard InChI is InChI=1S/C16H14FN3O/c17-15-7-3-14(4-8-15)12-21-16-9-5-13(6-10-16)2-1-11-19-20-18/h1-10H,11-12H2. The minimum absolute atomic E-state index is 0.254. The van der Waals surface area contributed by atoms with Crippen molar-refractivity contribution in [2.45, 2.75) is 6.61 Å². The van der Waals surface area contributed by atoms with Crippen LogP contribution >= 0.6 is 0 Å². The molecular weight excluding hydrogens is 269 g/mol. The zero-order valence-electron chi connectivity index (χ0n) is 11.3. The summed E-state index contributed by atoms with van der Waals surface area (Å²) in [6.07, 6.45) is 3.66. The van der Waals surface area contributed by atoms with E-state index in [1.54, 1.807) is 18.2 Å². The van der Waals surface area contributed by atoms with Crippen molar-refractivity contribution in [3.8, 4) is 5.75 Å². The van der Waals surface area contributed by atoms with Gasteiger partial charge in [-0.3, -0.25) is 0 Å². The maximum Gasteiger partial charge on any atom is 0.123 e. The molecule has 0 atom stereocenters. The molecule has 0 unspecified atom stereocenters. The molecular formula is C16H14FN3O. The van der Waals surface area contributed by atoms with E-state index < -0.39 is 0 Å². The lowest BCUT2D eigenvalue weighted by Gasteiger charge is -2.06. The van der Waals surface area contributed by atoms with Crippen LogP contribution in [0.25, 0.3) is 16.5 Å². The molecule has 0 heterocycles. The molecule has 0 aliphatic carbocycles. The van der Waals surface area contributed by atoms with E-state index in [4.69, 9.17) is 10.3 Å². The molecule has 0 aliphatic heterocycles. The quantitative estimate of drug-likeness (QED) is 0.429. The monoisotopic (exact) mass is 283 g/mol. The number of azide groups is 1. The fraction of sp³-hybridized carbons (Fsp3) is 0.125. The van der Waals surface area contributed by atoms with Gasteiger partial charge in [0, 0.05) is 11.5 Å². The van der Waals surface area contributed by atoms with E-state index in [0.29, 0.717) is 13.2 Å². The normalized spacial score (nSPS) is 10.3. The molecule has 2 rings (SSSR count). The Morgan fingerprint density at radius 2 is 1.81 bits per heavy atom. The Labute approximate surface area is 122 Å². The van der Waals surface area contributed by atoms with Gasteiger partial charge in [-0.2, -0.15) is 0 Å². The van der Waals surface area contributed by atoms with Crippen LogP contribution in [0.15, 0.2) is 59.7 Å². The van der Waals surface area contributed by atoms with E-state index in [1.807, 2.05) is 30.3 Å². The summed E-state index contributed by atoms with van der Waals surface area (Å²) in [5.74, 6) is 0.488. The number of nitrogens with zero attached hydrogens (tertiary/aromatic N) is 3. The van der Waals surface area contributed by atoms with Gasteiger partial charge in [0.1, 0.15) is 18.2 Å². The summed E-state index contributed by atoms with van der Waals surface area (Å²) in [4.78, 5) is 2.67. The lowest BCUT2D eigenvalue weighted by Crippen LogP contribution is -1.95. The van der Waals surface area contributed by atoms with Gasteiger partial charge in [-0.15, -0.1) is 0 Å². The first-order valence-corrected chi connectivity index (χ1v) is 6.42. The van der Waals surface area contributed by atoms with Gasteiger partial charge in [0.2, 0.25) is 0 Å². The highest BCUT2D eigenvalue weighted by atomic mass is 19.1. The van der Waals surface area contributed by atoms with Crippen molar-refractivity contribution in [3.05, 3.63) is 82.0 Å². The van der Waals surface area contributed by atoms with Crippen LogP contribution in [-0.2, 0) is 6.61 Å². The van der Waals surface area contributed by atoms with Crippen molar-refractivity contribution in [2.75, 3.05) is 6.54 Å². The van der Waals surface area contributed by atoms with Crippen LogP contribution in [0.4, 0.5) is 4.39 Å². The number of halogens is 1. The predicted molar refractivity (Wildman–Crippen MR) is 80.2 cm³/mol. The number of rotatable bonds is 6. The molecule has 0 amide bonds. The number of hydrogen-bond acceptors (Lipinski definition) is 2. The zero-order chi connectivity index (χ0) is 14.9. The van der Waals surface area contributed by atoms with Gasteiger partial charge in [-0.05, 0) is 40.9 Å². The predicted octanol–water partition coefficient (Wildman–Crippen LogP) is 4.73. The summed E-state index contributed by atoms with van der Waals surface area (Å²) in [6.45, 7) is 0.728. The van der Waals surface area contributed by atoms with E-state index in [2.05, 4.69) is 10.0 Å². The number of benzene rings is 2. The van der Waals surface area contributed by atoms with E-state index >= 15 is 0 Å². The molecule has 5 heteroatoms. The smallest absolute Gasteiger partial charge is 0.123 e. The van der Waals surface area contributed by atoms with Crippen molar-refractivity contribution in [2.24, 2.45) is 5.11 Å². The fourth-order valence-corrected chi connectivity index (χ4v) is 1.69. The molecule has 0 aliphatic rings. The van der Waals surface area contributed by atoms with Crippen LogP contribution in [0.5, 0.6) is 5.75 Å². The molecule has 0 saturated carbocycles. The van der Waals surface area contributed by atoms with E-state index in [0.717, 1.165) is 16.9 Å². The van der Waals surface area contributed by atoms with Crippen LogP contribution < -0.4 is 4.74 Å². The average Bonchev–Trinajstić information content (AvgIpc) is 2.52. The highest BCUT2D eigenvalue weighted by molar-refractivity contribution is 5.50. The summed E-state index contributed by atoms with van der Waals surface area (Å²) in [5, 5.41) is 3.42. The SMILES string of the molecule is [N-]=[N+]=NCC=Cc1ccc(OCc2ccc(F)cc2)cc1. The Bertz CT molecular complexity index is 644. The molecule has 2 aromatic rings. The van der Waals surface area contributed by atoms with Crippen LogP contribution in [0.3, 0.4) is 0 Å². The Balaban J connectivity index is 1.88. The molecule has 0 aromatic heterocycles. The topological polar surface area (TPSA) is 58.0 Å². The van der Waals surface area contributed by atoms with Crippen molar-refractivity contribution >= 4 is 6.08 Å². The summed E-state index contributed by atoms with van der Waals surface area (Å²) in [7, 11) is 0. The molecule has 0 fully saturated rings. The van der Waals surface area contributed by atoms with Gasteiger partial charge in [-0.1, -0.05) is 41.5 Å². The van der Waals surface area contributed by atoms with Gasteiger partial charge in [0.15, 0.2) is 0 Å². The summed E-state index contributed by atoms with van der Waals surface area (Å²) >= 11 is 0. The van der Waals surface area contributed by atoms with Gasteiger partial charge >= 0.3 is 0 Å². The fourth-order valence-electron chi connectivity index (χ4n) is 1.69. The molecule has 0 N–H and O–H groups in total. The molecule has 106 valence electrons. The Hall–Kier alpha value is -2.78. The lowest BCUT2D eigenvalue weighted by atomic mass is 10.2. The summed E-state index contributed by atoms with van der Waals surface area (Å²) in [5.41, 5.74) is 10.1. The van der Waals surface area contributed by atoms with Crippen molar-refractivity contribution in [1.82, 2.24) is 0 Å². The molecule has 0 spiro atoms. The van der Waals surface area contributed by atoms with E-state index in [9.17, 15) is 4.39 Å². The van der Waals surface area contributed by atoms with E-state index in [-0.39, 0.29) is 5.82 Å². The maximum absolute atomic E-state index is 12.8. The Morgan fingerprint density at radius 1 is 1.10 bits per heavy atom. The molecule has 0 saturated heterocycles. The average molecular weight is 283 g/mol. The Morgan fingerprint density at radius 3 is 2.48 bits per heavy atom. The van der Waals surface area contributed by atoms with Gasteiger partial charge in [-0.25, -0.2) is 4.39 Å². The first-order valence-electron chi connectivity index (χ1n) is 6.42. The van der Waals surface area contributed by atoms with Crippen LogP contribution in [0, 0.1) is 5.82 Å².